The van der Waals surface area contributed by atoms with Crippen LogP contribution in [0, 0.1) is 11.7 Å². The van der Waals surface area contributed by atoms with Gasteiger partial charge in [0.1, 0.15) is 11.9 Å². The number of nitrogens with zero attached hydrogens (tertiary/aromatic N) is 2. The van der Waals surface area contributed by atoms with E-state index in [2.05, 4.69) is 10.3 Å². The zero-order valence-electron chi connectivity index (χ0n) is 14.7. The van der Waals surface area contributed by atoms with Crippen molar-refractivity contribution < 1.29 is 18.7 Å². The Balaban J connectivity index is 1.30. The fourth-order valence-corrected chi connectivity index (χ4v) is 3.88. The van der Waals surface area contributed by atoms with Crippen molar-refractivity contribution in [2.45, 2.75) is 56.8 Å². The summed E-state index contributed by atoms with van der Waals surface area (Å²) in [7, 11) is 0. The van der Waals surface area contributed by atoms with Gasteiger partial charge in [0.05, 0.1) is 24.8 Å². The van der Waals surface area contributed by atoms with Gasteiger partial charge in [-0.1, -0.05) is 0 Å². The highest BCUT2D eigenvalue weighted by Gasteiger charge is 2.43. The van der Waals surface area contributed by atoms with Crippen molar-refractivity contribution in [2.75, 3.05) is 13.1 Å². The lowest BCUT2D eigenvalue weighted by Gasteiger charge is -2.35. The Labute approximate surface area is 152 Å². The predicted octanol–water partition coefficient (Wildman–Crippen LogP) is 1.44. The van der Waals surface area contributed by atoms with Gasteiger partial charge >= 0.3 is 0 Å². The molecule has 7 heteroatoms. The van der Waals surface area contributed by atoms with Gasteiger partial charge in [0.25, 0.3) is 0 Å². The van der Waals surface area contributed by atoms with Gasteiger partial charge in [0.2, 0.25) is 11.8 Å². The number of amides is 2. The number of nitrogens with one attached hydrogen (secondary N) is 1. The molecule has 0 bridgehead atoms. The molecule has 0 spiro atoms. The molecule has 26 heavy (non-hydrogen) atoms. The molecule has 3 fully saturated rings. The number of rotatable bonds is 5. The molecule has 4 rings (SSSR count). The summed E-state index contributed by atoms with van der Waals surface area (Å²) in [5, 5.41) is 2.98. The van der Waals surface area contributed by atoms with Gasteiger partial charge in [-0.25, -0.2) is 4.39 Å². The molecule has 1 saturated carbocycles. The minimum Gasteiger partial charge on any atom is -0.363 e. The quantitative estimate of drug-likeness (QED) is 0.861. The number of hydrogen-bond donors (Lipinski definition) is 1. The molecular weight excluding hydrogens is 337 g/mol. The van der Waals surface area contributed by atoms with Gasteiger partial charge < -0.3 is 15.0 Å². The molecule has 1 aliphatic carbocycles. The molecule has 6 nitrogen and oxygen atoms in total. The van der Waals surface area contributed by atoms with Crippen molar-refractivity contribution in [3.8, 4) is 0 Å². The summed E-state index contributed by atoms with van der Waals surface area (Å²) in [5.74, 6) is 0.205. The topological polar surface area (TPSA) is 71.5 Å². The van der Waals surface area contributed by atoms with Gasteiger partial charge in [0, 0.05) is 18.8 Å². The summed E-state index contributed by atoms with van der Waals surface area (Å²) >= 11 is 0. The Kier molecular flexibility index (Phi) is 4.89. The van der Waals surface area contributed by atoms with Crippen LogP contribution < -0.4 is 5.32 Å². The number of pyridine rings is 1. The third-order valence-corrected chi connectivity index (χ3v) is 5.54. The van der Waals surface area contributed by atoms with Crippen molar-refractivity contribution >= 4 is 11.8 Å². The molecule has 1 aromatic heterocycles. The second-order valence-electron chi connectivity index (χ2n) is 7.52. The van der Waals surface area contributed by atoms with Crippen LogP contribution in [0.3, 0.4) is 0 Å². The number of hydrogen-bond acceptors (Lipinski definition) is 4. The minimum absolute atomic E-state index is 0.0168. The molecule has 1 aromatic rings. The third kappa shape index (κ3) is 3.87. The highest BCUT2D eigenvalue weighted by molar-refractivity contribution is 5.81. The van der Waals surface area contributed by atoms with E-state index in [1.807, 2.05) is 4.90 Å². The number of halogens is 1. The molecule has 2 saturated heterocycles. The van der Waals surface area contributed by atoms with E-state index in [1.54, 1.807) is 6.07 Å². The molecule has 3 atom stereocenters. The van der Waals surface area contributed by atoms with Gasteiger partial charge in [0.15, 0.2) is 0 Å². The molecule has 0 unspecified atom stereocenters. The van der Waals surface area contributed by atoms with Crippen molar-refractivity contribution in [2.24, 2.45) is 5.92 Å². The standard InChI is InChI=1S/C19H24FN3O3/c20-13-3-4-14(21-11-13)9-18(24)23-8-7-16-15(23)5-6-17(26-16)19(25)22-10-12-1-2-12/h3-4,11-12,15-17H,1-2,5-10H2,(H,22,25)/t15-,16-,17+/m1/s1. The Bertz CT molecular complexity index is 677. The van der Waals surface area contributed by atoms with E-state index in [9.17, 15) is 14.0 Å². The average molecular weight is 361 g/mol. The van der Waals surface area contributed by atoms with Crippen LogP contribution in [0.1, 0.15) is 37.8 Å². The Morgan fingerprint density at radius 3 is 2.81 bits per heavy atom. The highest BCUT2D eigenvalue weighted by atomic mass is 19.1. The summed E-state index contributed by atoms with van der Waals surface area (Å²) < 4.78 is 18.9. The van der Waals surface area contributed by atoms with Gasteiger partial charge in [-0.3, -0.25) is 14.6 Å². The van der Waals surface area contributed by atoms with Crippen molar-refractivity contribution in [1.29, 1.82) is 0 Å². The van der Waals surface area contributed by atoms with E-state index in [0.717, 1.165) is 25.6 Å². The number of ether oxygens (including phenoxy) is 1. The molecule has 2 aliphatic heterocycles. The van der Waals surface area contributed by atoms with Gasteiger partial charge in [-0.05, 0) is 50.2 Å². The zero-order chi connectivity index (χ0) is 18.1. The minimum atomic E-state index is -0.408. The first-order valence-electron chi connectivity index (χ1n) is 9.43. The first kappa shape index (κ1) is 17.4. The molecule has 3 aliphatic rings. The van der Waals surface area contributed by atoms with E-state index in [4.69, 9.17) is 4.74 Å². The van der Waals surface area contributed by atoms with Crippen LogP contribution in [0.4, 0.5) is 4.39 Å². The summed E-state index contributed by atoms with van der Waals surface area (Å²) in [5.41, 5.74) is 0.564. The van der Waals surface area contributed by atoms with E-state index < -0.39 is 11.9 Å². The van der Waals surface area contributed by atoms with E-state index in [-0.39, 0.29) is 30.4 Å². The summed E-state index contributed by atoms with van der Waals surface area (Å²) in [6, 6.07) is 2.88. The van der Waals surface area contributed by atoms with Crippen molar-refractivity contribution in [3.63, 3.8) is 0 Å². The van der Waals surface area contributed by atoms with Crippen LogP contribution in [-0.4, -0.2) is 53.0 Å². The van der Waals surface area contributed by atoms with Crippen molar-refractivity contribution in [3.05, 3.63) is 29.8 Å². The summed E-state index contributed by atoms with van der Waals surface area (Å²) in [6.07, 6.45) is 5.38. The molecule has 0 radical (unpaired) electrons. The molecule has 3 heterocycles. The normalized spacial score (nSPS) is 27.9. The lowest BCUT2D eigenvalue weighted by Crippen LogP contribution is -2.49. The lowest BCUT2D eigenvalue weighted by molar-refractivity contribution is -0.147. The van der Waals surface area contributed by atoms with Crippen LogP contribution in [0.15, 0.2) is 18.3 Å². The van der Waals surface area contributed by atoms with Crippen molar-refractivity contribution in [1.82, 2.24) is 15.2 Å². The van der Waals surface area contributed by atoms with E-state index >= 15 is 0 Å². The average Bonchev–Trinajstić information content (AvgIpc) is 3.38. The van der Waals surface area contributed by atoms with E-state index in [0.29, 0.717) is 24.6 Å². The van der Waals surface area contributed by atoms with Crippen LogP contribution in [0.2, 0.25) is 0 Å². The highest BCUT2D eigenvalue weighted by Crippen LogP contribution is 2.32. The second kappa shape index (κ2) is 7.31. The van der Waals surface area contributed by atoms with E-state index in [1.165, 1.54) is 18.9 Å². The maximum absolute atomic E-state index is 12.9. The maximum Gasteiger partial charge on any atom is 0.249 e. The first-order chi connectivity index (χ1) is 12.6. The SMILES string of the molecule is O=C(NCC1CC1)[C@@H]1CC[C@@H]2[C@@H](CCN2C(=O)Cc2ccc(F)cn2)O1. The summed E-state index contributed by atoms with van der Waals surface area (Å²) in [6.45, 7) is 1.38. The smallest absolute Gasteiger partial charge is 0.249 e. The maximum atomic E-state index is 12.9. The number of likely N-dealkylation sites (tertiary alicyclic amines) is 1. The third-order valence-electron chi connectivity index (χ3n) is 5.54. The van der Waals surface area contributed by atoms with Crippen LogP contribution in [-0.2, 0) is 20.7 Å². The molecule has 140 valence electrons. The number of carbonyl (C=O) groups excluding carboxylic acids is 2. The Hall–Kier alpha value is -2.02. The van der Waals surface area contributed by atoms with Gasteiger partial charge in [-0.15, -0.1) is 0 Å². The molecule has 0 aromatic carbocycles. The zero-order valence-corrected chi connectivity index (χ0v) is 14.7. The van der Waals surface area contributed by atoms with Gasteiger partial charge in [-0.2, -0.15) is 0 Å². The van der Waals surface area contributed by atoms with Crippen LogP contribution in [0.5, 0.6) is 0 Å². The fourth-order valence-electron chi connectivity index (χ4n) is 3.88. The molecular formula is C19H24FN3O3. The fraction of sp³-hybridized carbons (Fsp3) is 0.632. The second-order valence-corrected chi connectivity index (χ2v) is 7.52. The number of carbonyl (C=O) groups is 2. The molecule has 2 amide bonds. The predicted molar refractivity (Wildman–Crippen MR) is 91.6 cm³/mol. The largest absolute Gasteiger partial charge is 0.363 e. The summed E-state index contributed by atoms with van der Waals surface area (Å²) in [4.78, 5) is 30.7. The first-order valence-corrected chi connectivity index (χ1v) is 9.43. The monoisotopic (exact) mass is 361 g/mol. The Morgan fingerprint density at radius 2 is 2.08 bits per heavy atom. The number of aromatic nitrogens is 1. The Morgan fingerprint density at radius 1 is 1.23 bits per heavy atom. The van der Waals surface area contributed by atoms with Crippen LogP contribution >= 0.6 is 0 Å². The molecule has 1 N–H and O–H groups in total. The number of fused-ring (bicyclic) bond motifs is 1. The lowest BCUT2D eigenvalue weighted by atomic mass is 9.98. The van der Waals surface area contributed by atoms with Crippen LogP contribution in [0.25, 0.3) is 0 Å².